The van der Waals surface area contributed by atoms with Gasteiger partial charge in [0.15, 0.2) is 5.16 Å². The minimum Gasteiger partial charge on any atom is -0.378 e. The number of hydrogen-bond donors (Lipinski definition) is 1. The van der Waals surface area contributed by atoms with Crippen LogP contribution in [-0.4, -0.2) is 71.6 Å². The van der Waals surface area contributed by atoms with E-state index in [-0.39, 0.29) is 0 Å². The van der Waals surface area contributed by atoms with Crippen molar-refractivity contribution in [2.24, 2.45) is 0 Å². The number of nitrogens with zero attached hydrogens (tertiary/aromatic N) is 6. The highest BCUT2D eigenvalue weighted by molar-refractivity contribution is 7.98. The Hall–Kier alpha value is -2.13. The summed E-state index contributed by atoms with van der Waals surface area (Å²) >= 11 is 1.58. The van der Waals surface area contributed by atoms with Gasteiger partial charge < -0.3 is 19.9 Å². The van der Waals surface area contributed by atoms with Gasteiger partial charge in [0.25, 0.3) is 0 Å². The summed E-state index contributed by atoms with van der Waals surface area (Å²) in [6, 6.07) is 4.33. The Balaban J connectivity index is 1.40. The molecule has 0 spiro atoms. The lowest BCUT2D eigenvalue weighted by molar-refractivity contribution is 0.122. The molecule has 4 rings (SSSR count). The topological polar surface area (TPSA) is 79.3 Å². The van der Waals surface area contributed by atoms with Crippen LogP contribution in [0.5, 0.6) is 0 Å². The Labute approximate surface area is 163 Å². The van der Waals surface area contributed by atoms with Gasteiger partial charge in [0.1, 0.15) is 11.6 Å². The maximum absolute atomic E-state index is 5.41. The van der Waals surface area contributed by atoms with E-state index < -0.39 is 0 Å². The van der Waals surface area contributed by atoms with Gasteiger partial charge in [0.2, 0.25) is 5.95 Å². The standard InChI is InChI=1S/C18H25N7OS/c1-13-11-16(23-18(20-13)27-2)25-6-4-14(12-25)21-15-3-5-19-17(22-15)24-7-9-26-10-8-24/h3,5,11,14H,4,6-10,12H2,1-2H3,(H,19,21,22). The summed E-state index contributed by atoms with van der Waals surface area (Å²) < 4.78 is 5.41. The summed E-state index contributed by atoms with van der Waals surface area (Å²) in [4.78, 5) is 22.7. The highest BCUT2D eigenvalue weighted by Gasteiger charge is 2.25. The number of ether oxygens (including phenoxy) is 1. The Morgan fingerprint density at radius 1 is 1.15 bits per heavy atom. The van der Waals surface area contributed by atoms with Crippen molar-refractivity contribution in [1.82, 2.24) is 19.9 Å². The number of nitrogens with one attached hydrogen (secondary N) is 1. The van der Waals surface area contributed by atoms with Gasteiger partial charge in [-0.25, -0.2) is 15.0 Å². The maximum atomic E-state index is 5.41. The van der Waals surface area contributed by atoms with Crippen molar-refractivity contribution in [3.8, 4) is 0 Å². The van der Waals surface area contributed by atoms with Crippen molar-refractivity contribution in [2.75, 3.05) is 60.8 Å². The molecule has 0 bridgehead atoms. The van der Waals surface area contributed by atoms with Gasteiger partial charge in [-0.3, -0.25) is 0 Å². The summed E-state index contributed by atoms with van der Waals surface area (Å²) in [5.41, 5.74) is 1.01. The van der Waals surface area contributed by atoms with E-state index in [1.54, 1.807) is 11.8 Å². The second kappa shape index (κ2) is 8.26. The summed E-state index contributed by atoms with van der Waals surface area (Å²) in [6.45, 7) is 7.04. The third kappa shape index (κ3) is 4.41. The van der Waals surface area contributed by atoms with E-state index >= 15 is 0 Å². The summed E-state index contributed by atoms with van der Waals surface area (Å²) in [7, 11) is 0. The first-order valence-electron chi connectivity index (χ1n) is 9.28. The molecule has 0 amide bonds. The van der Waals surface area contributed by atoms with Crippen LogP contribution < -0.4 is 15.1 Å². The second-order valence-electron chi connectivity index (χ2n) is 6.77. The van der Waals surface area contributed by atoms with Crippen molar-refractivity contribution in [3.63, 3.8) is 0 Å². The van der Waals surface area contributed by atoms with Gasteiger partial charge in [-0.1, -0.05) is 11.8 Å². The zero-order valence-corrected chi connectivity index (χ0v) is 16.6. The quantitative estimate of drug-likeness (QED) is 0.610. The number of rotatable bonds is 5. The number of aryl methyl sites for hydroxylation is 1. The Bertz CT molecular complexity index is 784. The maximum Gasteiger partial charge on any atom is 0.227 e. The van der Waals surface area contributed by atoms with Crippen LogP contribution in [0.3, 0.4) is 0 Å². The van der Waals surface area contributed by atoms with Gasteiger partial charge >= 0.3 is 0 Å². The molecule has 8 nitrogen and oxygen atoms in total. The van der Waals surface area contributed by atoms with Gasteiger partial charge in [0, 0.05) is 50.2 Å². The fraction of sp³-hybridized carbons (Fsp3) is 0.556. The third-order valence-electron chi connectivity index (χ3n) is 4.80. The number of thioether (sulfide) groups is 1. The Kier molecular flexibility index (Phi) is 5.58. The van der Waals surface area contributed by atoms with Crippen molar-refractivity contribution >= 4 is 29.3 Å². The van der Waals surface area contributed by atoms with Crippen LogP contribution in [0.25, 0.3) is 0 Å². The molecule has 0 saturated carbocycles. The molecule has 0 aliphatic carbocycles. The smallest absolute Gasteiger partial charge is 0.227 e. The molecule has 2 saturated heterocycles. The van der Waals surface area contributed by atoms with E-state index in [0.717, 1.165) is 74.2 Å². The number of morpholine rings is 1. The molecule has 27 heavy (non-hydrogen) atoms. The molecule has 2 aliphatic heterocycles. The van der Waals surface area contributed by atoms with Crippen LogP contribution in [0, 0.1) is 6.92 Å². The Morgan fingerprint density at radius 2 is 2.00 bits per heavy atom. The van der Waals surface area contributed by atoms with Crippen molar-refractivity contribution in [1.29, 1.82) is 0 Å². The number of anilines is 3. The van der Waals surface area contributed by atoms with Crippen LogP contribution in [-0.2, 0) is 4.74 Å². The lowest BCUT2D eigenvalue weighted by Gasteiger charge is -2.27. The van der Waals surface area contributed by atoms with E-state index in [0.29, 0.717) is 6.04 Å². The average Bonchev–Trinajstić information content (AvgIpc) is 3.17. The van der Waals surface area contributed by atoms with Crippen molar-refractivity contribution in [2.45, 2.75) is 24.5 Å². The van der Waals surface area contributed by atoms with E-state index in [2.05, 4.69) is 36.1 Å². The number of aromatic nitrogens is 4. The molecule has 2 fully saturated rings. The molecule has 144 valence electrons. The van der Waals surface area contributed by atoms with Crippen LogP contribution in [0.4, 0.5) is 17.6 Å². The monoisotopic (exact) mass is 387 g/mol. The third-order valence-corrected chi connectivity index (χ3v) is 5.35. The molecular weight excluding hydrogens is 362 g/mol. The molecule has 9 heteroatoms. The average molecular weight is 388 g/mol. The van der Waals surface area contributed by atoms with E-state index in [1.165, 1.54) is 0 Å². The first kappa shape index (κ1) is 18.2. The summed E-state index contributed by atoms with van der Waals surface area (Å²) in [5, 5.41) is 4.39. The van der Waals surface area contributed by atoms with Crippen LogP contribution in [0.2, 0.25) is 0 Å². The van der Waals surface area contributed by atoms with E-state index in [9.17, 15) is 0 Å². The normalized spacial score (nSPS) is 20.1. The molecule has 0 radical (unpaired) electrons. The lowest BCUT2D eigenvalue weighted by Crippen LogP contribution is -2.37. The minimum absolute atomic E-state index is 0.338. The van der Waals surface area contributed by atoms with Crippen LogP contribution in [0.1, 0.15) is 12.1 Å². The molecule has 2 aromatic heterocycles. The van der Waals surface area contributed by atoms with Crippen molar-refractivity contribution in [3.05, 3.63) is 24.0 Å². The van der Waals surface area contributed by atoms with Crippen molar-refractivity contribution < 1.29 is 4.74 Å². The molecule has 2 aliphatic rings. The largest absolute Gasteiger partial charge is 0.378 e. The first-order chi connectivity index (χ1) is 13.2. The SMILES string of the molecule is CSc1nc(C)cc(N2CCC(Nc3ccnc(N4CCOCC4)n3)C2)n1. The van der Waals surface area contributed by atoms with E-state index in [1.807, 2.05) is 25.4 Å². The zero-order valence-electron chi connectivity index (χ0n) is 15.8. The molecular formula is C18H25N7OS. The van der Waals surface area contributed by atoms with Crippen LogP contribution >= 0.6 is 11.8 Å². The minimum atomic E-state index is 0.338. The highest BCUT2D eigenvalue weighted by Crippen LogP contribution is 2.23. The summed E-state index contributed by atoms with van der Waals surface area (Å²) in [6.07, 6.45) is 4.88. The summed E-state index contributed by atoms with van der Waals surface area (Å²) in [5.74, 6) is 2.66. The van der Waals surface area contributed by atoms with Gasteiger partial charge in [-0.15, -0.1) is 0 Å². The Morgan fingerprint density at radius 3 is 2.81 bits per heavy atom. The fourth-order valence-corrected chi connectivity index (χ4v) is 3.84. The second-order valence-corrected chi connectivity index (χ2v) is 7.54. The molecule has 1 unspecified atom stereocenters. The number of hydrogen-bond acceptors (Lipinski definition) is 9. The first-order valence-corrected chi connectivity index (χ1v) is 10.5. The van der Waals surface area contributed by atoms with Gasteiger partial charge in [-0.2, -0.15) is 4.98 Å². The fourth-order valence-electron chi connectivity index (χ4n) is 3.42. The van der Waals surface area contributed by atoms with Gasteiger partial charge in [-0.05, 0) is 25.7 Å². The zero-order chi connectivity index (χ0) is 18.6. The molecule has 2 aromatic rings. The predicted molar refractivity (Wildman–Crippen MR) is 108 cm³/mol. The van der Waals surface area contributed by atoms with E-state index in [4.69, 9.17) is 9.72 Å². The molecule has 1 N–H and O–H groups in total. The van der Waals surface area contributed by atoms with Crippen LogP contribution in [0.15, 0.2) is 23.5 Å². The predicted octanol–water partition coefficient (Wildman–Crippen LogP) is 1.82. The molecule has 4 heterocycles. The molecule has 0 aromatic carbocycles. The highest BCUT2D eigenvalue weighted by atomic mass is 32.2. The molecule has 1 atom stereocenters. The van der Waals surface area contributed by atoms with Gasteiger partial charge in [0.05, 0.1) is 13.2 Å². The lowest BCUT2D eigenvalue weighted by atomic mass is 10.2.